The standard InChI is InChI=1S/C18H14FNOS2/c1-2-12-6-8-13(9-7-12)10-16-17(21)20(18(22)23-16)15-5-3-4-14(19)11-15/h3-11H,2H2,1H3/b16-10+. The monoisotopic (exact) mass is 343 g/mol. The van der Waals surface area contributed by atoms with Crippen LogP contribution in [-0.2, 0) is 11.2 Å². The molecule has 1 saturated heterocycles. The van der Waals surface area contributed by atoms with Gasteiger partial charge < -0.3 is 0 Å². The van der Waals surface area contributed by atoms with Crippen molar-refractivity contribution in [3.63, 3.8) is 0 Å². The highest BCUT2D eigenvalue weighted by molar-refractivity contribution is 8.27. The molecule has 0 spiro atoms. The normalized spacial score (nSPS) is 16.4. The van der Waals surface area contributed by atoms with Gasteiger partial charge in [-0.1, -0.05) is 61.2 Å². The summed E-state index contributed by atoms with van der Waals surface area (Å²) in [6, 6.07) is 13.9. The third-order valence-electron chi connectivity index (χ3n) is 3.55. The van der Waals surface area contributed by atoms with E-state index >= 15 is 0 Å². The summed E-state index contributed by atoms with van der Waals surface area (Å²) in [5, 5.41) is 0. The molecular formula is C18H14FNOS2. The van der Waals surface area contributed by atoms with Gasteiger partial charge in [0.05, 0.1) is 10.6 Å². The van der Waals surface area contributed by atoms with E-state index in [1.807, 2.05) is 30.3 Å². The van der Waals surface area contributed by atoms with Gasteiger partial charge in [-0.05, 0) is 41.8 Å². The van der Waals surface area contributed by atoms with E-state index < -0.39 is 5.82 Å². The second-order valence-corrected chi connectivity index (χ2v) is 6.77. The van der Waals surface area contributed by atoms with Crippen molar-refractivity contribution in [2.75, 3.05) is 4.90 Å². The Balaban J connectivity index is 1.89. The first-order chi connectivity index (χ1) is 11.1. The Bertz CT molecular complexity index is 799. The summed E-state index contributed by atoms with van der Waals surface area (Å²) < 4.78 is 13.8. The maximum absolute atomic E-state index is 13.4. The molecule has 0 unspecified atom stereocenters. The third kappa shape index (κ3) is 3.35. The fourth-order valence-corrected chi connectivity index (χ4v) is 3.61. The van der Waals surface area contributed by atoms with E-state index in [0.717, 1.165) is 12.0 Å². The van der Waals surface area contributed by atoms with Crippen LogP contribution in [0, 0.1) is 5.82 Å². The van der Waals surface area contributed by atoms with Crippen molar-refractivity contribution in [2.45, 2.75) is 13.3 Å². The molecule has 0 N–H and O–H groups in total. The lowest BCUT2D eigenvalue weighted by molar-refractivity contribution is -0.113. The zero-order valence-corrected chi connectivity index (χ0v) is 14.1. The van der Waals surface area contributed by atoms with Gasteiger partial charge in [0.2, 0.25) is 0 Å². The molecule has 1 fully saturated rings. The number of thioether (sulfide) groups is 1. The number of halogens is 1. The highest BCUT2D eigenvalue weighted by Crippen LogP contribution is 2.36. The Morgan fingerprint density at radius 1 is 1.22 bits per heavy atom. The van der Waals surface area contributed by atoms with Gasteiger partial charge in [-0.15, -0.1) is 0 Å². The number of anilines is 1. The number of nitrogens with zero attached hydrogens (tertiary/aromatic N) is 1. The van der Waals surface area contributed by atoms with Gasteiger partial charge in [0.15, 0.2) is 4.32 Å². The molecule has 1 heterocycles. The van der Waals surface area contributed by atoms with E-state index in [9.17, 15) is 9.18 Å². The molecule has 0 radical (unpaired) electrons. The van der Waals surface area contributed by atoms with E-state index in [-0.39, 0.29) is 5.91 Å². The zero-order valence-electron chi connectivity index (χ0n) is 12.5. The smallest absolute Gasteiger partial charge is 0.268 e. The number of hydrogen-bond acceptors (Lipinski definition) is 3. The van der Waals surface area contributed by atoms with Crippen molar-refractivity contribution >= 4 is 46.0 Å². The second kappa shape index (κ2) is 6.64. The average Bonchev–Trinajstić information content (AvgIpc) is 2.82. The van der Waals surface area contributed by atoms with Gasteiger partial charge in [0, 0.05) is 0 Å². The first-order valence-electron chi connectivity index (χ1n) is 7.21. The molecule has 1 aliphatic heterocycles. The van der Waals surface area contributed by atoms with Crippen molar-refractivity contribution in [1.82, 2.24) is 0 Å². The van der Waals surface area contributed by atoms with Crippen LogP contribution in [0.1, 0.15) is 18.1 Å². The Morgan fingerprint density at radius 2 is 1.96 bits per heavy atom. The van der Waals surface area contributed by atoms with Crippen LogP contribution in [-0.4, -0.2) is 10.2 Å². The fraction of sp³-hybridized carbons (Fsp3) is 0.111. The first-order valence-corrected chi connectivity index (χ1v) is 8.43. The molecule has 0 atom stereocenters. The topological polar surface area (TPSA) is 20.3 Å². The van der Waals surface area contributed by atoms with E-state index in [1.165, 1.54) is 34.4 Å². The molecule has 0 aliphatic carbocycles. The number of carbonyl (C=O) groups excluding carboxylic acids is 1. The number of benzene rings is 2. The van der Waals surface area contributed by atoms with Gasteiger partial charge >= 0.3 is 0 Å². The molecule has 1 amide bonds. The van der Waals surface area contributed by atoms with Crippen molar-refractivity contribution < 1.29 is 9.18 Å². The van der Waals surface area contributed by atoms with Crippen molar-refractivity contribution in [3.8, 4) is 0 Å². The predicted molar refractivity (Wildman–Crippen MR) is 97.9 cm³/mol. The van der Waals surface area contributed by atoms with Crippen molar-refractivity contribution in [2.24, 2.45) is 0 Å². The molecule has 2 aromatic carbocycles. The SMILES string of the molecule is CCc1ccc(/C=C2/SC(=S)N(c3cccc(F)c3)C2=O)cc1. The van der Waals surface area contributed by atoms with Crippen LogP contribution in [0.5, 0.6) is 0 Å². The van der Waals surface area contributed by atoms with Crippen molar-refractivity contribution in [1.29, 1.82) is 0 Å². The third-order valence-corrected chi connectivity index (χ3v) is 4.85. The van der Waals surface area contributed by atoms with E-state index in [4.69, 9.17) is 12.2 Å². The molecule has 0 aromatic heterocycles. The lowest BCUT2D eigenvalue weighted by Gasteiger charge is -2.14. The first kappa shape index (κ1) is 15.9. The zero-order chi connectivity index (χ0) is 16.4. The Hall–Kier alpha value is -1.98. The highest BCUT2D eigenvalue weighted by Gasteiger charge is 2.33. The van der Waals surface area contributed by atoms with Gasteiger partial charge in [0.1, 0.15) is 5.82 Å². The minimum absolute atomic E-state index is 0.217. The molecule has 0 saturated carbocycles. The summed E-state index contributed by atoms with van der Waals surface area (Å²) in [4.78, 5) is 14.5. The van der Waals surface area contributed by atoms with Crippen LogP contribution >= 0.6 is 24.0 Å². The van der Waals surface area contributed by atoms with Crippen molar-refractivity contribution in [3.05, 3.63) is 70.4 Å². The number of hydrogen-bond donors (Lipinski definition) is 0. The largest absolute Gasteiger partial charge is 0.270 e. The summed E-state index contributed by atoms with van der Waals surface area (Å²) in [7, 11) is 0. The molecule has 1 aliphatic rings. The van der Waals surface area contributed by atoms with Gasteiger partial charge in [-0.2, -0.15) is 0 Å². The Kier molecular flexibility index (Phi) is 4.59. The second-order valence-electron chi connectivity index (χ2n) is 5.09. The molecule has 116 valence electrons. The maximum Gasteiger partial charge on any atom is 0.270 e. The maximum atomic E-state index is 13.4. The molecule has 2 nitrogen and oxygen atoms in total. The van der Waals surface area contributed by atoms with Gasteiger partial charge in [0.25, 0.3) is 5.91 Å². The average molecular weight is 343 g/mol. The van der Waals surface area contributed by atoms with E-state index in [1.54, 1.807) is 12.1 Å². The van der Waals surface area contributed by atoms with Gasteiger partial charge in [-0.3, -0.25) is 9.69 Å². The molecule has 3 rings (SSSR count). The number of aryl methyl sites for hydroxylation is 1. The lowest BCUT2D eigenvalue weighted by Crippen LogP contribution is -2.27. The summed E-state index contributed by atoms with van der Waals surface area (Å²) in [6.07, 6.45) is 2.79. The minimum atomic E-state index is -0.393. The minimum Gasteiger partial charge on any atom is -0.268 e. The summed E-state index contributed by atoms with van der Waals surface area (Å²) >= 11 is 6.51. The van der Waals surface area contributed by atoms with Crippen LogP contribution in [0.3, 0.4) is 0 Å². The molecule has 2 aromatic rings. The lowest BCUT2D eigenvalue weighted by atomic mass is 10.1. The Morgan fingerprint density at radius 3 is 2.61 bits per heavy atom. The number of thiocarbonyl (C=S) groups is 1. The summed E-state index contributed by atoms with van der Waals surface area (Å²) in [5.74, 6) is -0.610. The summed E-state index contributed by atoms with van der Waals surface area (Å²) in [5.41, 5.74) is 2.65. The number of amides is 1. The van der Waals surface area contributed by atoms with Crippen LogP contribution < -0.4 is 4.90 Å². The molecule has 0 bridgehead atoms. The van der Waals surface area contributed by atoms with Crippen LogP contribution in [0.25, 0.3) is 6.08 Å². The number of rotatable bonds is 3. The number of carbonyl (C=O) groups is 1. The van der Waals surface area contributed by atoms with E-state index in [0.29, 0.717) is 14.9 Å². The van der Waals surface area contributed by atoms with Gasteiger partial charge in [-0.25, -0.2) is 4.39 Å². The molecular weight excluding hydrogens is 329 g/mol. The molecule has 23 heavy (non-hydrogen) atoms. The molecule has 5 heteroatoms. The quantitative estimate of drug-likeness (QED) is 0.590. The predicted octanol–water partition coefficient (Wildman–Crippen LogP) is 4.79. The van der Waals surface area contributed by atoms with Crippen LogP contribution in [0.4, 0.5) is 10.1 Å². The van der Waals surface area contributed by atoms with E-state index in [2.05, 4.69) is 6.92 Å². The fourth-order valence-electron chi connectivity index (χ4n) is 2.31. The van der Waals surface area contributed by atoms with Crippen LogP contribution in [0.2, 0.25) is 0 Å². The highest BCUT2D eigenvalue weighted by atomic mass is 32.2. The van der Waals surface area contributed by atoms with Crippen LogP contribution in [0.15, 0.2) is 53.4 Å². The summed E-state index contributed by atoms with van der Waals surface area (Å²) in [6.45, 7) is 2.10. The Labute approximate surface area is 144 Å².